The van der Waals surface area contributed by atoms with E-state index in [1.165, 1.54) is 12.8 Å². The molecule has 1 spiro atoms. The second kappa shape index (κ2) is 4.53. The van der Waals surface area contributed by atoms with Crippen LogP contribution in [-0.4, -0.2) is 32.1 Å². The lowest BCUT2D eigenvalue weighted by molar-refractivity contribution is -0.119. The lowest BCUT2D eigenvalue weighted by Crippen LogP contribution is -2.41. The van der Waals surface area contributed by atoms with Crippen molar-refractivity contribution in [1.82, 2.24) is 5.32 Å². The number of amides is 1. The van der Waals surface area contributed by atoms with Crippen LogP contribution < -0.4 is 15.0 Å². The number of hydrogen-bond acceptors (Lipinski definition) is 3. The molecule has 19 heavy (non-hydrogen) atoms. The van der Waals surface area contributed by atoms with Gasteiger partial charge >= 0.3 is 0 Å². The highest BCUT2D eigenvalue weighted by molar-refractivity contribution is 5.97. The molecule has 102 valence electrons. The minimum Gasteiger partial charge on any atom is -0.497 e. The Bertz CT molecular complexity index is 497. The summed E-state index contributed by atoms with van der Waals surface area (Å²) in [6.07, 6.45) is 2.42. The molecule has 0 aromatic heterocycles. The van der Waals surface area contributed by atoms with Crippen LogP contribution in [0.15, 0.2) is 24.3 Å². The van der Waals surface area contributed by atoms with Gasteiger partial charge < -0.3 is 15.0 Å². The smallest absolute Gasteiger partial charge is 0.243 e. The highest BCUT2D eigenvalue weighted by Crippen LogP contribution is 2.47. The third kappa shape index (κ3) is 2.32. The molecule has 1 saturated carbocycles. The molecular weight excluding hydrogens is 240 g/mol. The Morgan fingerprint density at radius 2 is 2.21 bits per heavy atom. The van der Waals surface area contributed by atoms with Crippen LogP contribution in [0.4, 0.5) is 5.69 Å². The molecule has 1 atom stereocenters. The zero-order chi connectivity index (χ0) is 13.5. The van der Waals surface area contributed by atoms with Gasteiger partial charge in [0.25, 0.3) is 0 Å². The summed E-state index contributed by atoms with van der Waals surface area (Å²) in [4.78, 5) is 14.4. The number of benzene rings is 1. The van der Waals surface area contributed by atoms with Gasteiger partial charge in [0.15, 0.2) is 0 Å². The lowest BCUT2D eigenvalue weighted by atomic mass is 10.1. The third-order valence-electron chi connectivity index (χ3n) is 4.24. The highest BCUT2D eigenvalue weighted by atomic mass is 16.5. The molecule has 1 unspecified atom stereocenters. The Labute approximate surface area is 113 Å². The monoisotopic (exact) mass is 260 g/mol. The second-order valence-electron chi connectivity index (χ2n) is 5.73. The van der Waals surface area contributed by atoms with E-state index in [0.29, 0.717) is 5.41 Å². The number of rotatable bonds is 2. The van der Waals surface area contributed by atoms with E-state index < -0.39 is 0 Å². The molecule has 1 aliphatic heterocycles. The Morgan fingerprint density at radius 3 is 2.89 bits per heavy atom. The Hall–Kier alpha value is -1.55. The van der Waals surface area contributed by atoms with Gasteiger partial charge in [-0.3, -0.25) is 4.79 Å². The minimum absolute atomic E-state index is 0.119. The van der Waals surface area contributed by atoms with Gasteiger partial charge in [-0.2, -0.15) is 0 Å². The SMILES string of the molecule is COc1cccc(N2CC3(CC3)CNC(C)C2=O)c1. The molecule has 2 fully saturated rings. The van der Waals surface area contributed by atoms with Crippen LogP contribution >= 0.6 is 0 Å². The molecule has 3 rings (SSSR count). The van der Waals surface area contributed by atoms with Crippen LogP contribution in [0, 0.1) is 5.41 Å². The van der Waals surface area contributed by atoms with Gasteiger partial charge in [-0.15, -0.1) is 0 Å². The summed E-state index contributed by atoms with van der Waals surface area (Å²) in [5.74, 6) is 0.942. The molecular formula is C15H20N2O2. The predicted molar refractivity (Wildman–Crippen MR) is 74.5 cm³/mol. The Morgan fingerprint density at radius 1 is 1.42 bits per heavy atom. The first kappa shape index (κ1) is 12.5. The number of hydrogen-bond donors (Lipinski definition) is 1. The van der Waals surface area contributed by atoms with E-state index in [-0.39, 0.29) is 11.9 Å². The second-order valence-corrected chi connectivity index (χ2v) is 5.73. The molecule has 1 aromatic carbocycles. The fourth-order valence-corrected chi connectivity index (χ4v) is 2.67. The average molecular weight is 260 g/mol. The number of carbonyl (C=O) groups excluding carboxylic acids is 1. The van der Waals surface area contributed by atoms with Crippen LogP contribution in [0.5, 0.6) is 5.75 Å². The summed E-state index contributed by atoms with van der Waals surface area (Å²) in [6.45, 7) is 3.70. The van der Waals surface area contributed by atoms with Crippen molar-refractivity contribution in [1.29, 1.82) is 0 Å². The third-order valence-corrected chi connectivity index (χ3v) is 4.24. The maximum Gasteiger partial charge on any atom is 0.243 e. The largest absolute Gasteiger partial charge is 0.497 e. The predicted octanol–water partition coefficient (Wildman–Crippen LogP) is 1.80. The van der Waals surface area contributed by atoms with Crippen molar-refractivity contribution in [3.8, 4) is 5.75 Å². The topological polar surface area (TPSA) is 41.6 Å². The van der Waals surface area contributed by atoms with E-state index in [0.717, 1.165) is 24.5 Å². The van der Waals surface area contributed by atoms with Crippen LogP contribution in [0.1, 0.15) is 19.8 Å². The van der Waals surface area contributed by atoms with Crippen LogP contribution in [-0.2, 0) is 4.79 Å². The molecule has 1 saturated heterocycles. The molecule has 0 radical (unpaired) electrons. The number of carbonyl (C=O) groups is 1. The first-order valence-electron chi connectivity index (χ1n) is 6.82. The van der Waals surface area contributed by atoms with Crippen molar-refractivity contribution < 1.29 is 9.53 Å². The maximum absolute atomic E-state index is 12.5. The van der Waals surface area contributed by atoms with E-state index >= 15 is 0 Å². The van der Waals surface area contributed by atoms with Gasteiger partial charge in [0.05, 0.1) is 13.2 Å². The van der Waals surface area contributed by atoms with Crippen molar-refractivity contribution >= 4 is 11.6 Å². The number of nitrogens with zero attached hydrogens (tertiary/aromatic N) is 1. The van der Waals surface area contributed by atoms with Crippen LogP contribution in [0.2, 0.25) is 0 Å². The van der Waals surface area contributed by atoms with Gasteiger partial charge in [-0.1, -0.05) is 6.07 Å². The fraction of sp³-hybridized carbons (Fsp3) is 0.533. The molecule has 4 nitrogen and oxygen atoms in total. The average Bonchev–Trinajstić information content (AvgIpc) is 3.22. The van der Waals surface area contributed by atoms with Crippen molar-refractivity contribution in [3.05, 3.63) is 24.3 Å². The Balaban J connectivity index is 1.93. The van der Waals surface area contributed by atoms with Crippen molar-refractivity contribution in [2.45, 2.75) is 25.8 Å². The van der Waals surface area contributed by atoms with Crippen molar-refractivity contribution in [2.24, 2.45) is 5.41 Å². The summed E-state index contributed by atoms with van der Waals surface area (Å²) < 4.78 is 5.25. The zero-order valence-corrected chi connectivity index (χ0v) is 11.5. The number of methoxy groups -OCH3 is 1. The van der Waals surface area contributed by atoms with Gasteiger partial charge in [0, 0.05) is 30.3 Å². The number of anilines is 1. The summed E-state index contributed by atoms with van der Waals surface area (Å²) >= 11 is 0. The molecule has 1 N–H and O–H groups in total. The fourth-order valence-electron chi connectivity index (χ4n) is 2.67. The number of nitrogens with one attached hydrogen (secondary N) is 1. The summed E-state index contributed by atoms with van der Waals surface area (Å²) in [5, 5.41) is 3.35. The van der Waals surface area contributed by atoms with Crippen LogP contribution in [0.25, 0.3) is 0 Å². The molecule has 2 aliphatic rings. The highest BCUT2D eigenvalue weighted by Gasteiger charge is 2.47. The molecule has 1 amide bonds. The first-order chi connectivity index (χ1) is 9.13. The zero-order valence-electron chi connectivity index (χ0n) is 11.5. The normalized spacial score (nSPS) is 25.3. The molecule has 1 aliphatic carbocycles. The summed E-state index contributed by atoms with van der Waals surface area (Å²) in [5.41, 5.74) is 1.23. The number of ether oxygens (including phenoxy) is 1. The van der Waals surface area contributed by atoms with Gasteiger partial charge in [-0.25, -0.2) is 0 Å². The van der Waals surface area contributed by atoms with E-state index in [1.54, 1.807) is 7.11 Å². The van der Waals surface area contributed by atoms with Crippen molar-refractivity contribution in [3.63, 3.8) is 0 Å². The van der Waals surface area contributed by atoms with Gasteiger partial charge in [0.1, 0.15) is 5.75 Å². The minimum atomic E-state index is -0.119. The van der Waals surface area contributed by atoms with Crippen molar-refractivity contribution in [2.75, 3.05) is 25.1 Å². The van der Waals surface area contributed by atoms with E-state index in [2.05, 4.69) is 5.32 Å². The summed E-state index contributed by atoms with van der Waals surface area (Å²) in [6, 6.07) is 7.64. The summed E-state index contributed by atoms with van der Waals surface area (Å²) in [7, 11) is 1.65. The van der Waals surface area contributed by atoms with E-state index in [9.17, 15) is 4.79 Å². The van der Waals surface area contributed by atoms with Crippen LogP contribution in [0.3, 0.4) is 0 Å². The Kier molecular flexibility index (Phi) is 2.97. The molecule has 4 heteroatoms. The van der Waals surface area contributed by atoms with Gasteiger partial charge in [-0.05, 0) is 31.9 Å². The van der Waals surface area contributed by atoms with Gasteiger partial charge in [0.2, 0.25) is 5.91 Å². The maximum atomic E-state index is 12.5. The standard InChI is InChI=1S/C15H20N2O2/c1-11-14(18)17(10-15(6-7-15)9-16-11)12-4-3-5-13(8-12)19-2/h3-5,8,11,16H,6-7,9-10H2,1-2H3. The molecule has 1 aromatic rings. The molecule has 1 heterocycles. The molecule has 0 bridgehead atoms. The van der Waals surface area contributed by atoms with E-state index in [4.69, 9.17) is 4.74 Å². The quantitative estimate of drug-likeness (QED) is 0.881. The first-order valence-corrected chi connectivity index (χ1v) is 6.82. The lowest BCUT2D eigenvalue weighted by Gasteiger charge is -2.25. The van der Waals surface area contributed by atoms with E-state index in [1.807, 2.05) is 36.1 Å².